The van der Waals surface area contributed by atoms with E-state index < -0.39 is 0 Å². The molecule has 5 rings (SSSR count). The highest BCUT2D eigenvalue weighted by Gasteiger charge is 2.21. The number of H-pyrrole nitrogens is 3. The average molecular weight is 1480 g/mol. The lowest BCUT2D eigenvalue weighted by Gasteiger charge is -2.19. The Labute approximate surface area is 656 Å². The highest BCUT2D eigenvalue weighted by molar-refractivity contribution is 5.74. The number of rotatable bonds is 76. The maximum atomic E-state index is 13.9. The van der Waals surface area contributed by atoms with Crippen molar-refractivity contribution in [1.29, 1.82) is 0 Å². The standard InChI is InChI=1S/C97H163N3O7/c1-7-13-19-25-31-37-43-49-55-61-71-102-92-77-83(78-93(103-72-62-56-50-44-38-32-26-20-14-8-2)96(92)106-75-65-59-53-47-41-35-29-23-17-11-5)86-67-69-88(98-86)90-81-85(101)82-91(100-90)89-70-68-87(99-89)84-79-94(104-73-63-57-51-45-39-33-27-21-15-9-3)97(107-76-66-60-54-48-42-36-30-24-18-12-6)95(80-84)105-74-64-58-52-46-40-34-28-22-16-10-4/h67-70,77-82,98-99H,7-66,71-76H2,1-6H3,(H,100,101). The van der Waals surface area contributed by atoms with Gasteiger partial charge in [-0.25, -0.2) is 0 Å². The first kappa shape index (κ1) is 92.4. The molecule has 0 radical (unpaired) electrons. The lowest BCUT2D eigenvalue weighted by molar-refractivity contribution is 0.234. The summed E-state index contributed by atoms with van der Waals surface area (Å²) in [4.78, 5) is 25.1. The van der Waals surface area contributed by atoms with Crippen LogP contribution in [0.15, 0.2) is 65.5 Å². The van der Waals surface area contributed by atoms with E-state index in [1.807, 2.05) is 0 Å². The van der Waals surface area contributed by atoms with Gasteiger partial charge in [-0.2, -0.15) is 0 Å². The minimum Gasteiger partial charge on any atom is -0.490 e. The van der Waals surface area contributed by atoms with Crippen molar-refractivity contribution in [3.05, 3.63) is 70.9 Å². The van der Waals surface area contributed by atoms with Gasteiger partial charge in [-0.15, -0.1) is 0 Å². The van der Waals surface area contributed by atoms with E-state index in [9.17, 15) is 4.79 Å². The van der Waals surface area contributed by atoms with Crippen LogP contribution in [0.3, 0.4) is 0 Å². The van der Waals surface area contributed by atoms with E-state index in [0.717, 1.165) is 145 Å². The lowest BCUT2D eigenvalue weighted by Crippen LogP contribution is -2.07. The van der Waals surface area contributed by atoms with Gasteiger partial charge in [-0.05, 0) is 87.1 Å². The molecule has 3 N–H and O–H groups in total. The molecule has 0 saturated heterocycles. The van der Waals surface area contributed by atoms with Gasteiger partial charge >= 0.3 is 0 Å². The van der Waals surface area contributed by atoms with E-state index in [-0.39, 0.29) is 5.43 Å². The Bertz CT molecular complexity index is 2640. The van der Waals surface area contributed by atoms with Crippen LogP contribution in [-0.4, -0.2) is 54.6 Å². The smallest absolute Gasteiger partial charge is 0.203 e. The molecule has 3 heterocycles. The molecule has 0 aliphatic heterocycles. The predicted molar refractivity (Wildman–Crippen MR) is 462 cm³/mol. The van der Waals surface area contributed by atoms with E-state index in [4.69, 9.17) is 28.4 Å². The van der Waals surface area contributed by atoms with Crippen molar-refractivity contribution >= 4 is 0 Å². The monoisotopic (exact) mass is 1480 g/mol. The van der Waals surface area contributed by atoms with Crippen molar-refractivity contribution in [2.75, 3.05) is 39.6 Å². The van der Waals surface area contributed by atoms with Crippen LogP contribution in [0.2, 0.25) is 0 Å². The average Bonchev–Trinajstić information content (AvgIpc) is 1.72. The fraction of sp³-hybridized carbons (Fsp3) is 0.742. The molecule has 0 bridgehead atoms. The molecule has 10 nitrogen and oxygen atoms in total. The number of hydrogen-bond donors (Lipinski definition) is 3. The van der Waals surface area contributed by atoms with Crippen LogP contribution in [0.5, 0.6) is 34.5 Å². The molecule has 3 aromatic heterocycles. The fourth-order valence-corrected chi connectivity index (χ4v) is 15.1. The molecule has 0 atom stereocenters. The summed E-state index contributed by atoms with van der Waals surface area (Å²) in [6.07, 6.45) is 76.4. The highest BCUT2D eigenvalue weighted by atomic mass is 16.5. The molecule has 608 valence electrons. The Morgan fingerprint density at radius 3 is 0.570 bits per heavy atom. The second kappa shape index (κ2) is 64.4. The summed E-state index contributed by atoms with van der Waals surface area (Å²) >= 11 is 0. The molecule has 2 aromatic carbocycles. The van der Waals surface area contributed by atoms with E-state index in [2.05, 4.69) is 105 Å². The number of nitrogens with one attached hydrogen (secondary N) is 3. The van der Waals surface area contributed by atoms with Gasteiger partial charge in [0, 0.05) is 34.6 Å². The van der Waals surface area contributed by atoms with E-state index in [1.54, 1.807) is 12.1 Å². The number of aromatic nitrogens is 3. The Hall–Kier alpha value is -5.25. The topological polar surface area (TPSA) is 120 Å². The van der Waals surface area contributed by atoms with Gasteiger partial charge in [0.25, 0.3) is 0 Å². The van der Waals surface area contributed by atoms with Crippen LogP contribution in [0.4, 0.5) is 0 Å². The van der Waals surface area contributed by atoms with Gasteiger partial charge in [0.05, 0.1) is 62.4 Å². The molecule has 0 aliphatic rings. The van der Waals surface area contributed by atoms with Gasteiger partial charge in [-0.1, -0.05) is 388 Å². The van der Waals surface area contributed by atoms with Gasteiger partial charge in [0.15, 0.2) is 28.4 Å². The Kier molecular flexibility index (Phi) is 55.6. The Morgan fingerprint density at radius 1 is 0.196 bits per heavy atom. The maximum Gasteiger partial charge on any atom is 0.203 e. The zero-order valence-corrected chi connectivity index (χ0v) is 70.3. The van der Waals surface area contributed by atoms with Crippen molar-refractivity contribution in [3.63, 3.8) is 0 Å². The Morgan fingerprint density at radius 2 is 0.364 bits per heavy atom. The number of hydrogen-bond acceptors (Lipinski definition) is 7. The molecule has 0 amide bonds. The SMILES string of the molecule is CCCCCCCCCCCCOc1cc(-c2ccc(-c3cc(=O)cc(-c4ccc(-c5cc(OCCCCCCCCCCCC)c(OCCCCCCCCCCCC)c(OCCCCCCCCCCCC)c5)[nH]4)[nH]3)[nH]2)cc(OCCCCCCCCCCCC)c1OCCCCCCCCCCCC. The molecular weight excluding hydrogens is 1320 g/mol. The molecule has 0 spiro atoms. The predicted octanol–water partition coefficient (Wildman–Crippen LogP) is 31.5. The van der Waals surface area contributed by atoms with Crippen molar-refractivity contribution in [2.24, 2.45) is 0 Å². The number of benzene rings is 2. The lowest BCUT2D eigenvalue weighted by atomic mass is 10.1. The van der Waals surface area contributed by atoms with Gasteiger partial charge in [-0.3, -0.25) is 4.79 Å². The third kappa shape index (κ3) is 43.2. The summed E-state index contributed by atoms with van der Waals surface area (Å²) in [5, 5.41) is 0. The van der Waals surface area contributed by atoms with Gasteiger partial charge in [0.2, 0.25) is 11.5 Å². The van der Waals surface area contributed by atoms with Crippen LogP contribution < -0.4 is 33.8 Å². The second-order valence-corrected chi connectivity index (χ2v) is 32.0. The largest absolute Gasteiger partial charge is 0.490 e. The van der Waals surface area contributed by atoms with E-state index in [1.165, 1.54) is 308 Å². The Balaban J connectivity index is 1.41. The highest BCUT2D eigenvalue weighted by Crippen LogP contribution is 2.45. The molecule has 107 heavy (non-hydrogen) atoms. The number of pyridine rings is 1. The van der Waals surface area contributed by atoms with E-state index in [0.29, 0.717) is 51.0 Å². The zero-order chi connectivity index (χ0) is 75.8. The van der Waals surface area contributed by atoms with E-state index >= 15 is 0 Å². The van der Waals surface area contributed by atoms with Crippen molar-refractivity contribution in [2.45, 2.75) is 427 Å². The fourth-order valence-electron chi connectivity index (χ4n) is 15.1. The quantitative estimate of drug-likeness (QED) is 0.0332. The van der Waals surface area contributed by atoms with Crippen molar-refractivity contribution < 1.29 is 28.4 Å². The summed E-state index contributed by atoms with van der Waals surface area (Å²) in [7, 11) is 0. The maximum absolute atomic E-state index is 13.9. The summed E-state index contributed by atoms with van der Waals surface area (Å²) in [6.45, 7) is 17.5. The van der Waals surface area contributed by atoms with Gasteiger partial charge < -0.3 is 43.4 Å². The van der Waals surface area contributed by atoms with Gasteiger partial charge in [0.1, 0.15) is 0 Å². The van der Waals surface area contributed by atoms with Crippen LogP contribution >= 0.6 is 0 Å². The van der Waals surface area contributed by atoms with Crippen LogP contribution in [-0.2, 0) is 0 Å². The summed E-state index contributed by atoms with van der Waals surface area (Å²) in [5.41, 5.74) is 6.70. The minimum atomic E-state index is -0.0792. The third-order valence-electron chi connectivity index (χ3n) is 22.0. The normalized spacial score (nSPS) is 11.5. The van der Waals surface area contributed by atoms with Crippen molar-refractivity contribution in [1.82, 2.24) is 15.0 Å². The first-order valence-electron chi connectivity index (χ1n) is 46.2. The first-order chi connectivity index (χ1) is 52.9. The number of aromatic amines is 3. The summed E-state index contributed by atoms with van der Waals surface area (Å²) in [6, 6.07) is 20.3. The molecule has 0 saturated carbocycles. The summed E-state index contributed by atoms with van der Waals surface area (Å²) in [5.74, 6) is 4.41. The number of ether oxygens (including phenoxy) is 6. The molecule has 0 fully saturated rings. The zero-order valence-electron chi connectivity index (χ0n) is 70.3. The van der Waals surface area contributed by atoms with Crippen LogP contribution in [0.1, 0.15) is 427 Å². The van der Waals surface area contributed by atoms with Crippen LogP contribution in [0, 0.1) is 0 Å². The van der Waals surface area contributed by atoms with Crippen LogP contribution in [0.25, 0.3) is 45.3 Å². The second-order valence-electron chi connectivity index (χ2n) is 32.0. The molecular formula is C97H163N3O7. The number of unbranched alkanes of at least 4 members (excludes halogenated alkanes) is 54. The molecule has 5 aromatic rings. The molecule has 0 aliphatic carbocycles. The summed E-state index contributed by atoms with van der Waals surface area (Å²) < 4.78 is 41.0. The molecule has 0 unspecified atom stereocenters. The third-order valence-corrected chi connectivity index (χ3v) is 22.0. The molecule has 10 heteroatoms. The minimum absolute atomic E-state index is 0.0792. The van der Waals surface area contributed by atoms with Crippen molar-refractivity contribution in [3.8, 4) is 79.8 Å². The first-order valence-corrected chi connectivity index (χ1v) is 46.2.